The average Bonchev–Trinajstić information content (AvgIpc) is 2.94. The first-order chi connectivity index (χ1) is 13.2. The third-order valence-corrected chi connectivity index (χ3v) is 7.60. The normalized spacial score (nSPS) is 42.2. The minimum Gasteiger partial charge on any atom is -0.435 e. The second-order valence-corrected chi connectivity index (χ2v) is 8.97. The fourth-order valence-electron chi connectivity index (χ4n) is 5.83. The first-order valence-electron chi connectivity index (χ1n) is 10.2. The Bertz CT molecular complexity index is 682. The predicted molar refractivity (Wildman–Crippen MR) is 107 cm³/mol. The molecule has 5 nitrogen and oxygen atoms in total. The van der Waals surface area contributed by atoms with Crippen molar-refractivity contribution in [2.75, 3.05) is 7.11 Å². The molecule has 0 bridgehead atoms. The lowest BCUT2D eigenvalue weighted by Gasteiger charge is -2.58. The van der Waals surface area contributed by atoms with E-state index in [2.05, 4.69) is 27.0 Å². The third-order valence-electron chi connectivity index (χ3n) is 7.60. The van der Waals surface area contributed by atoms with E-state index in [0.29, 0.717) is 12.3 Å². The van der Waals surface area contributed by atoms with Crippen LogP contribution < -0.4 is 0 Å². The lowest BCUT2D eigenvalue weighted by Crippen LogP contribution is -2.56. The Morgan fingerprint density at radius 2 is 2.21 bits per heavy atom. The van der Waals surface area contributed by atoms with E-state index in [1.54, 1.807) is 7.11 Å². The number of methoxy groups -OCH3 is 1. The van der Waals surface area contributed by atoms with E-state index in [9.17, 15) is 9.90 Å². The summed E-state index contributed by atoms with van der Waals surface area (Å²) in [5.74, 6) is 0.216. The van der Waals surface area contributed by atoms with Gasteiger partial charge in [0.2, 0.25) is 6.29 Å². The van der Waals surface area contributed by atoms with Gasteiger partial charge in [0, 0.05) is 14.0 Å². The zero-order chi connectivity index (χ0) is 20.7. The van der Waals surface area contributed by atoms with E-state index in [4.69, 9.17) is 14.2 Å². The molecule has 0 radical (unpaired) electrons. The van der Waals surface area contributed by atoms with Crippen LogP contribution in [-0.2, 0) is 19.0 Å². The van der Waals surface area contributed by atoms with Crippen LogP contribution in [0.1, 0.15) is 52.9 Å². The second kappa shape index (κ2) is 7.77. The molecule has 1 spiro atoms. The van der Waals surface area contributed by atoms with E-state index in [-0.39, 0.29) is 17.3 Å². The molecule has 2 aliphatic carbocycles. The second-order valence-electron chi connectivity index (χ2n) is 8.97. The summed E-state index contributed by atoms with van der Waals surface area (Å²) >= 11 is 0. The van der Waals surface area contributed by atoms with Gasteiger partial charge < -0.3 is 19.3 Å². The van der Waals surface area contributed by atoms with Crippen LogP contribution in [0.4, 0.5) is 0 Å². The first-order valence-corrected chi connectivity index (χ1v) is 10.2. The summed E-state index contributed by atoms with van der Waals surface area (Å²) in [6, 6.07) is 0. The molecule has 0 aromatic rings. The van der Waals surface area contributed by atoms with Crippen molar-refractivity contribution in [3.63, 3.8) is 0 Å². The van der Waals surface area contributed by atoms with Crippen LogP contribution in [0.25, 0.3) is 0 Å². The summed E-state index contributed by atoms with van der Waals surface area (Å²) in [5, 5.41) is 10.7. The molecule has 0 unspecified atom stereocenters. The van der Waals surface area contributed by atoms with E-state index >= 15 is 0 Å². The van der Waals surface area contributed by atoms with Crippen LogP contribution in [0.3, 0.4) is 0 Å². The van der Waals surface area contributed by atoms with Crippen LogP contribution in [-0.4, -0.2) is 36.9 Å². The van der Waals surface area contributed by atoms with Crippen LogP contribution in [0.2, 0.25) is 0 Å². The van der Waals surface area contributed by atoms with Gasteiger partial charge in [-0.1, -0.05) is 44.7 Å². The molecule has 1 N–H and O–H groups in total. The van der Waals surface area contributed by atoms with Gasteiger partial charge in [-0.05, 0) is 54.9 Å². The number of esters is 1. The Morgan fingerprint density at radius 3 is 2.82 bits per heavy atom. The highest BCUT2D eigenvalue weighted by Gasteiger charge is 2.66. The maximum atomic E-state index is 11.8. The highest BCUT2D eigenvalue weighted by atomic mass is 16.8. The van der Waals surface area contributed by atoms with Crippen molar-refractivity contribution < 1.29 is 24.1 Å². The smallest absolute Gasteiger partial charge is 0.304 e. The number of hydrogen-bond acceptors (Lipinski definition) is 5. The van der Waals surface area contributed by atoms with E-state index in [0.717, 1.165) is 36.8 Å². The fourth-order valence-corrected chi connectivity index (χ4v) is 5.83. The zero-order valence-corrected chi connectivity index (χ0v) is 17.6. The molecule has 1 saturated heterocycles. The zero-order valence-electron chi connectivity index (χ0n) is 17.6. The van der Waals surface area contributed by atoms with E-state index < -0.39 is 24.1 Å². The Kier molecular flexibility index (Phi) is 5.91. The number of carbonyl (C=O) groups is 1. The first kappa shape index (κ1) is 21.3. The molecule has 1 heterocycles. The van der Waals surface area contributed by atoms with Crippen molar-refractivity contribution in [1.82, 2.24) is 0 Å². The maximum absolute atomic E-state index is 11.8. The van der Waals surface area contributed by atoms with E-state index in [1.807, 2.05) is 12.2 Å². The quantitative estimate of drug-likeness (QED) is 0.420. The number of allylic oxidation sites excluding steroid dienone is 2. The van der Waals surface area contributed by atoms with Gasteiger partial charge in [0.25, 0.3) is 0 Å². The minimum atomic E-state index is -0.687. The van der Waals surface area contributed by atoms with Gasteiger partial charge in [0.05, 0.1) is 11.5 Å². The number of hydrogen-bond donors (Lipinski definition) is 1. The number of carbonyl (C=O) groups excluding carboxylic acids is 1. The van der Waals surface area contributed by atoms with Crippen LogP contribution in [0.5, 0.6) is 0 Å². The van der Waals surface area contributed by atoms with Gasteiger partial charge in [-0.15, -0.1) is 0 Å². The summed E-state index contributed by atoms with van der Waals surface area (Å²) < 4.78 is 17.3. The lowest BCUT2D eigenvalue weighted by molar-refractivity contribution is -0.234. The molecule has 0 aromatic carbocycles. The molecule has 28 heavy (non-hydrogen) atoms. The molecular formula is C23H34O5. The predicted octanol–water partition coefficient (Wildman–Crippen LogP) is 4.13. The molecule has 5 heteroatoms. The van der Waals surface area contributed by atoms with Crippen LogP contribution in [0.15, 0.2) is 36.5 Å². The average molecular weight is 391 g/mol. The Hall–Kier alpha value is -1.43. The van der Waals surface area contributed by atoms with Gasteiger partial charge in [0.1, 0.15) is 0 Å². The van der Waals surface area contributed by atoms with Gasteiger partial charge in [-0.25, -0.2) is 0 Å². The molecule has 2 fully saturated rings. The topological polar surface area (TPSA) is 65.0 Å². The van der Waals surface area contributed by atoms with Crippen LogP contribution >= 0.6 is 0 Å². The molecule has 1 saturated carbocycles. The van der Waals surface area contributed by atoms with Crippen molar-refractivity contribution in [3.8, 4) is 0 Å². The SMILES string of the molecule is C=CC(=C)CC[C@]1(C)[C@H](C)CC[C@@]23C(=C[C@H](O)C[C@@H]12)[C@@H](OC)O[C@H]3OC(C)=O. The minimum absolute atomic E-state index is 0.0604. The van der Waals surface area contributed by atoms with Crippen molar-refractivity contribution in [2.45, 2.75) is 71.6 Å². The van der Waals surface area contributed by atoms with E-state index in [1.165, 1.54) is 6.92 Å². The molecule has 0 aromatic heterocycles. The summed E-state index contributed by atoms with van der Waals surface area (Å²) in [5.41, 5.74) is 1.44. The van der Waals surface area contributed by atoms with Crippen LogP contribution in [0, 0.1) is 22.7 Å². The molecule has 156 valence electrons. The molecule has 3 aliphatic rings. The van der Waals surface area contributed by atoms with Gasteiger partial charge >= 0.3 is 5.97 Å². The lowest BCUT2D eigenvalue weighted by atomic mass is 9.46. The summed E-state index contributed by atoms with van der Waals surface area (Å²) in [6.45, 7) is 13.9. The van der Waals surface area contributed by atoms with Gasteiger partial charge in [-0.2, -0.15) is 0 Å². The number of aliphatic hydroxyl groups is 1. The largest absolute Gasteiger partial charge is 0.435 e. The number of ether oxygens (including phenoxy) is 3. The molecule has 0 amide bonds. The Labute approximate surface area is 168 Å². The fraction of sp³-hybridized carbons (Fsp3) is 0.696. The van der Waals surface area contributed by atoms with Gasteiger partial charge in [-0.3, -0.25) is 4.79 Å². The summed E-state index contributed by atoms with van der Waals surface area (Å²) in [6.07, 6.45) is 6.12. The Morgan fingerprint density at radius 1 is 1.50 bits per heavy atom. The maximum Gasteiger partial charge on any atom is 0.304 e. The standard InChI is InChI=1S/C23H34O5/c1-7-14(2)8-10-22(5)15(3)9-11-23-18(12-17(25)13-19(22)23)20(26-6)28-21(23)27-16(4)24/h7,12,15,17,19-21,25H,1-2,8-11,13H2,3-6H3/t15-,17+,19+,20+,21-,22-,23-/m1/s1. The summed E-state index contributed by atoms with van der Waals surface area (Å²) in [4.78, 5) is 11.8. The molecule has 7 atom stereocenters. The highest BCUT2D eigenvalue weighted by molar-refractivity contribution is 5.66. The number of rotatable bonds is 6. The molecule has 3 rings (SSSR count). The van der Waals surface area contributed by atoms with Crippen molar-refractivity contribution in [3.05, 3.63) is 36.5 Å². The highest BCUT2D eigenvalue weighted by Crippen LogP contribution is 2.67. The summed E-state index contributed by atoms with van der Waals surface area (Å²) in [7, 11) is 1.59. The van der Waals surface area contributed by atoms with Crippen molar-refractivity contribution in [2.24, 2.45) is 22.7 Å². The third kappa shape index (κ3) is 3.27. The molecule has 1 aliphatic heterocycles. The van der Waals surface area contributed by atoms with Gasteiger partial charge in [0.15, 0.2) is 6.29 Å². The Balaban J connectivity index is 2.07. The number of aliphatic hydroxyl groups excluding tert-OH is 1. The van der Waals surface area contributed by atoms with Crippen molar-refractivity contribution in [1.29, 1.82) is 0 Å². The van der Waals surface area contributed by atoms with Crippen molar-refractivity contribution >= 4 is 5.97 Å². The molecular weight excluding hydrogens is 356 g/mol. The monoisotopic (exact) mass is 390 g/mol.